The van der Waals surface area contributed by atoms with Gasteiger partial charge < -0.3 is 71.5 Å². The van der Waals surface area contributed by atoms with Crippen LogP contribution in [0.2, 0.25) is 0 Å². The maximum Gasteiger partial charge on any atom is 3.00 e. The molecule has 5 N–H and O–H groups in total. The van der Waals surface area contributed by atoms with Crippen LogP contribution in [0.5, 0.6) is 0 Å². The van der Waals surface area contributed by atoms with Crippen molar-refractivity contribution >= 4 is 0 Å². The Morgan fingerprint density at radius 1 is 0.708 bits per heavy atom. The van der Waals surface area contributed by atoms with Crippen LogP contribution in [0.15, 0.2) is 0 Å². The molecule has 1 radical (unpaired) electrons. The van der Waals surface area contributed by atoms with Gasteiger partial charge in [-0.05, 0) is 6.92 Å². The summed E-state index contributed by atoms with van der Waals surface area (Å²) in [5.74, 6) is 0. The van der Waals surface area contributed by atoms with Crippen LogP contribution in [0.3, 0.4) is 0 Å². The number of aliphatic hydroxyl groups excluding tert-OH is 5. The monoisotopic (exact) mass is 520 g/mol. The van der Waals surface area contributed by atoms with Gasteiger partial charge in [0.25, 0.3) is 0 Å². The van der Waals surface area contributed by atoms with Crippen molar-refractivity contribution in [1.29, 1.82) is 0 Å². The topological polar surface area (TPSA) is 300 Å². The van der Waals surface area contributed by atoms with Crippen LogP contribution in [0.1, 0.15) is 6.92 Å². The van der Waals surface area contributed by atoms with Gasteiger partial charge in [-0.3, -0.25) is 0 Å². The third kappa shape index (κ3) is 180. The van der Waals surface area contributed by atoms with Gasteiger partial charge in [0.15, 0.2) is 0 Å². The number of aliphatic hydroxyl groups is 5. The maximum atomic E-state index is 8.47. The molecule has 24 heavy (non-hydrogen) atoms. The number of nitrogens with zero attached hydrogens (tertiary/aromatic N) is 3. The number of hydrogen-bond acceptors (Lipinski definition) is 14. The summed E-state index contributed by atoms with van der Waals surface area (Å²) in [6, 6.07) is 0. The van der Waals surface area contributed by atoms with Crippen molar-refractivity contribution in [3.05, 3.63) is 46.0 Å². The van der Waals surface area contributed by atoms with E-state index < -0.39 is 40.7 Å². The Bertz CT molecular complexity index is 233. The van der Waals surface area contributed by atoms with Gasteiger partial charge in [0.2, 0.25) is 0 Å². The maximum absolute atomic E-state index is 8.47. The van der Waals surface area contributed by atoms with E-state index in [9.17, 15) is 0 Å². The van der Waals surface area contributed by atoms with E-state index in [0.29, 0.717) is 0 Å². The summed E-state index contributed by atoms with van der Waals surface area (Å²) in [6.07, 6.45) is -2.44. The summed E-state index contributed by atoms with van der Waals surface area (Å²) in [5.41, 5.74) is 0. The SMILES string of the molecule is CCO.O=[N+]([O-])[O-].O=[N+]([O-])[O-].O=[N+]([O-])[O-].OC[C@@H](O)[C@@H](O)CO.[Er+3]. The Morgan fingerprint density at radius 3 is 0.833 bits per heavy atom. The molecule has 0 saturated carbocycles. The van der Waals surface area contributed by atoms with Gasteiger partial charge in [-0.1, -0.05) is 0 Å². The second-order valence-corrected chi connectivity index (χ2v) is 2.49. The minimum Gasteiger partial charge on any atom is -0.397 e. The van der Waals surface area contributed by atoms with E-state index in [1.165, 1.54) is 0 Å². The molecule has 2 atom stereocenters. The van der Waals surface area contributed by atoms with Gasteiger partial charge in [0, 0.05) is 6.61 Å². The number of rotatable bonds is 3. The summed E-state index contributed by atoms with van der Waals surface area (Å²) in [6.45, 7) is 0.878. The van der Waals surface area contributed by atoms with E-state index in [2.05, 4.69) is 0 Å². The van der Waals surface area contributed by atoms with Gasteiger partial charge >= 0.3 is 37.3 Å². The largest absolute Gasteiger partial charge is 3.00 e. The third-order valence-electron chi connectivity index (χ3n) is 0.818. The van der Waals surface area contributed by atoms with E-state index in [-0.39, 0.29) is 43.9 Å². The summed E-state index contributed by atoms with van der Waals surface area (Å²) < 4.78 is 0. The van der Waals surface area contributed by atoms with Crippen molar-refractivity contribution in [2.24, 2.45) is 0 Å². The Hall–Kier alpha value is -1.35. The Labute approximate surface area is 162 Å². The quantitative estimate of drug-likeness (QED) is 0.182. The third-order valence-corrected chi connectivity index (χ3v) is 0.818. The average Bonchev–Trinajstić information content (AvgIpc) is 2.35. The number of hydrogen-bond donors (Lipinski definition) is 5. The van der Waals surface area contributed by atoms with Crippen LogP contribution >= 0.6 is 0 Å². The molecule has 0 aliphatic heterocycles. The van der Waals surface area contributed by atoms with Crippen molar-refractivity contribution in [2.75, 3.05) is 19.8 Å². The summed E-state index contributed by atoms with van der Waals surface area (Å²) >= 11 is 0. The predicted octanol–water partition coefficient (Wildman–Crippen LogP) is -3.03. The molecular weight excluding hydrogens is 505 g/mol. The molecular formula is C6H16ErN3O14. The van der Waals surface area contributed by atoms with E-state index in [1.807, 2.05) is 0 Å². The molecule has 0 bridgehead atoms. The first-order valence-electron chi connectivity index (χ1n) is 4.97. The first-order chi connectivity index (χ1) is 10.3. The molecule has 0 saturated heterocycles. The van der Waals surface area contributed by atoms with Crippen molar-refractivity contribution in [2.45, 2.75) is 19.1 Å². The van der Waals surface area contributed by atoms with E-state index in [0.717, 1.165) is 0 Å². The molecule has 0 amide bonds. The van der Waals surface area contributed by atoms with E-state index >= 15 is 0 Å². The Morgan fingerprint density at radius 2 is 0.792 bits per heavy atom. The van der Waals surface area contributed by atoms with Gasteiger partial charge in [-0.25, -0.2) is 0 Å². The van der Waals surface area contributed by atoms with Gasteiger partial charge in [0.05, 0.1) is 28.5 Å². The molecule has 0 aromatic heterocycles. The van der Waals surface area contributed by atoms with E-state index in [1.54, 1.807) is 6.92 Å². The van der Waals surface area contributed by atoms with Crippen LogP contribution in [-0.2, 0) is 0 Å². The first kappa shape index (κ1) is 38.3. The van der Waals surface area contributed by atoms with E-state index in [4.69, 9.17) is 71.5 Å². The molecule has 0 aliphatic carbocycles. The summed E-state index contributed by atoms with van der Waals surface area (Å²) in [4.78, 5) is 24.8. The first-order valence-corrected chi connectivity index (χ1v) is 4.97. The minimum atomic E-state index is -1.75. The predicted molar refractivity (Wildman–Crippen MR) is 70.0 cm³/mol. The molecule has 0 rings (SSSR count). The average molecular weight is 521 g/mol. The molecule has 0 aromatic rings. The fraction of sp³-hybridized carbons (Fsp3) is 1.00. The Balaban J connectivity index is -0.0000000442. The van der Waals surface area contributed by atoms with Crippen LogP contribution in [-0.4, -0.2) is 72.8 Å². The zero-order chi connectivity index (χ0) is 20.0. The molecule has 0 spiro atoms. The van der Waals surface area contributed by atoms with Gasteiger partial charge in [-0.2, -0.15) is 0 Å². The zero-order valence-electron chi connectivity index (χ0n) is 11.8. The van der Waals surface area contributed by atoms with Crippen molar-refractivity contribution in [3.63, 3.8) is 0 Å². The molecule has 151 valence electrons. The van der Waals surface area contributed by atoms with Crippen LogP contribution in [0.25, 0.3) is 0 Å². The molecule has 17 nitrogen and oxygen atoms in total. The molecule has 0 fully saturated rings. The van der Waals surface area contributed by atoms with Crippen LogP contribution in [0.4, 0.5) is 0 Å². The molecule has 0 aliphatic rings. The second kappa shape index (κ2) is 33.3. The second-order valence-electron chi connectivity index (χ2n) is 2.49. The zero-order valence-corrected chi connectivity index (χ0v) is 13.7. The van der Waals surface area contributed by atoms with Crippen LogP contribution in [0, 0.1) is 83.3 Å². The normalized spacial score (nSPS) is 9.75. The van der Waals surface area contributed by atoms with Crippen molar-refractivity contribution in [1.82, 2.24) is 0 Å². The fourth-order valence-electron chi connectivity index (χ4n) is 0.243. The smallest absolute Gasteiger partial charge is 0.397 e. The Kier molecular flexibility index (Phi) is 53.1. The molecule has 0 aromatic carbocycles. The van der Waals surface area contributed by atoms with Crippen LogP contribution < -0.4 is 0 Å². The van der Waals surface area contributed by atoms with Gasteiger partial charge in [-0.15, -0.1) is 0 Å². The molecule has 0 unspecified atom stereocenters. The molecule has 18 heteroatoms. The van der Waals surface area contributed by atoms with Crippen molar-refractivity contribution < 1.29 is 78.1 Å². The molecule has 0 heterocycles. The fourth-order valence-corrected chi connectivity index (χ4v) is 0.243. The standard InChI is InChI=1S/C4H10O4.C2H6O.Er.3NO3/c5-1-3(7)4(8)2-6;1-2-3;;3*2-1(3)4/h3-8H,1-2H2;3H,2H2,1H3;;;;/q;;+3;3*-1/t3-,4+;;;;;. The summed E-state index contributed by atoms with van der Waals surface area (Å²) in [5, 5.41) is 85.0. The minimum absolute atomic E-state index is 0. The van der Waals surface area contributed by atoms with Crippen molar-refractivity contribution in [3.8, 4) is 0 Å². The summed E-state index contributed by atoms with van der Waals surface area (Å²) in [7, 11) is 0. The van der Waals surface area contributed by atoms with Gasteiger partial charge in [0.1, 0.15) is 12.2 Å².